The second-order valence-corrected chi connectivity index (χ2v) is 5.85. The van der Waals surface area contributed by atoms with Crippen molar-refractivity contribution in [1.82, 2.24) is 15.2 Å². The highest BCUT2D eigenvalue weighted by Crippen LogP contribution is 2.28. The summed E-state index contributed by atoms with van der Waals surface area (Å²) in [7, 11) is 1.85. The Morgan fingerprint density at radius 2 is 2.11 bits per heavy atom. The van der Waals surface area contributed by atoms with Crippen molar-refractivity contribution in [3.05, 3.63) is 46.7 Å². The van der Waals surface area contributed by atoms with Gasteiger partial charge in [-0.2, -0.15) is 5.10 Å². The van der Waals surface area contributed by atoms with Gasteiger partial charge in [0.15, 0.2) is 0 Å². The van der Waals surface area contributed by atoms with Crippen molar-refractivity contribution >= 4 is 23.4 Å². The van der Waals surface area contributed by atoms with Gasteiger partial charge in [0.2, 0.25) is 0 Å². The maximum absolute atomic E-state index is 6.17. The van der Waals surface area contributed by atoms with E-state index in [1.165, 1.54) is 4.90 Å². The van der Waals surface area contributed by atoms with Crippen molar-refractivity contribution in [1.29, 1.82) is 0 Å². The molecular weight excluding hydrogens is 280 g/mol. The molecule has 102 valence electrons. The molecule has 1 unspecified atom stereocenters. The van der Waals surface area contributed by atoms with Crippen LogP contribution < -0.4 is 11.3 Å². The zero-order valence-electron chi connectivity index (χ0n) is 10.9. The molecule has 1 aromatic carbocycles. The van der Waals surface area contributed by atoms with Gasteiger partial charge in [-0.3, -0.25) is 10.5 Å². The van der Waals surface area contributed by atoms with Crippen molar-refractivity contribution in [2.45, 2.75) is 17.9 Å². The smallest absolute Gasteiger partial charge is 0.0893 e. The Morgan fingerprint density at radius 3 is 2.58 bits per heavy atom. The van der Waals surface area contributed by atoms with Crippen LogP contribution in [0.25, 0.3) is 0 Å². The zero-order chi connectivity index (χ0) is 13.8. The van der Waals surface area contributed by atoms with Crippen molar-refractivity contribution in [2.24, 2.45) is 12.9 Å². The molecular formula is C13H17ClN4S. The largest absolute Gasteiger partial charge is 0.271 e. The number of hydrogen-bond donors (Lipinski definition) is 2. The lowest BCUT2D eigenvalue weighted by Gasteiger charge is -2.17. The fourth-order valence-corrected chi connectivity index (χ4v) is 2.94. The van der Waals surface area contributed by atoms with Crippen molar-refractivity contribution < 1.29 is 0 Å². The minimum Gasteiger partial charge on any atom is -0.271 e. The first-order chi connectivity index (χ1) is 9.17. The number of nitrogens with one attached hydrogen (secondary N) is 1. The van der Waals surface area contributed by atoms with Crippen LogP contribution >= 0.6 is 23.4 Å². The maximum Gasteiger partial charge on any atom is 0.0893 e. The molecule has 2 rings (SSSR count). The molecule has 0 amide bonds. The van der Waals surface area contributed by atoms with E-state index in [0.29, 0.717) is 5.02 Å². The first kappa shape index (κ1) is 14.4. The topological polar surface area (TPSA) is 55.9 Å². The van der Waals surface area contributed by atoms with Gasteiger partial charge in [-0.25, -0.2) is 5.43 Å². The SMILES string of the molecule is CCSc1ccc(C(NN)c2c(Cl)cnn2C)cc1. The van der Waals surface area contributed by atoms with E-state index in [-0.39, 0.29) is 6.04 Å². The summed E-state index contributed by atoms with van der Waals surface area (Å²) in [6, 6.07) is 8.15. The predicted molar refractivity (Wildman–Crippen MR) is 80.2 cm³/mol. The molecule has 1 heterocycles. The van der Waals surface area contributed by atoms with Gasteiger partial charge >= 0.3 is 0 Å². The van der Waals surface area contributed by atoms with Gasteiger partial charge in [-0.05, 0) is 23.4 Å². The fourth-order valence-electron chi connectivity index (χ4n) is 2.00. The zero-order valence-corrected chi connectivity index (χ0v) is 12.5. The lowest BCUT2D eigenvalue weighted by molar-refractivity contribution is 0.575. The number of hydrogen-bond acceptors (Lipinski definition) is 4. The Hall–Kier alpha value is -1.01. The van der Waals surface area contributed by atoms with E-state index in [2.05, 4.69) is 41.7 Å². The Kier molecular flexibility index (Phi) is 4.87. The highest BCUT2D eigenvalue weighted by atomic mass is 35.5. The third-order valence-electron chi connectivity index (χ3n) is 2.90. The van der Waals surface area contributed by atoms with Gasteiger partial charge < -0.3 is 0 Å². The summed E-state index contributed by atoms with van der Waals surface area (Å²) >= 11 is 7.98. The molecule has 0 radical (unpaired) electrons. The molecule has 0 spiro atoms. The van der Waals surface area contributed by atoms with E-state index < -0.39 is 0 Å². The number of aromatic nitrogens is 2. The summed E-state index contributed by atoms with van der Waals surface area (Å²) in [5, 5.41) is 4.75. The number of rotatable bonds is 5. The number of thioether (sulfide) groups is 1. The summed E-state index contributed by atoms with van der Waals surface area (Å²) in [5.74, 6) is 6.74. The molecule has 0 aliphatic carbocycles. The van der Waals surface area contributed by atoms with Crippen molar-refractivity contribution in [3.8, 4) is 0 Å². The molecule has 1 atom stereocenters. The molecule has 19 heavy (non-hydrogen) atoms. The minimum atomic E-state index is -0.166. The molecule has 0 aliphatic heterocycles. The van der Waals surface area contributed by atoms with Gasteiger partial charge in [0.1, 0.15) is 0 Å². The van der Waals surface area contributed by atoms with Gasteiger partial charge in [-0.1, -0.05) is 30.7 Å². The summed E-state index contributed by atoms with van der Waals surface area (Å²) < 4.78 is 1.74. The molecule has 4 nitrogen and oxygen atoms in total. The summed E-state index contributed by atoms with van der Waals surface area (Å²) in [5.41, 5.74) is 4.73. The molecule has 1 aromatic heterocycles. The van der Waals surface area contributed by atoms with Gasteiger partial charge in [0.05, 0.1) is 23.0 Å². The second kappa shape index (κ2) is 6.43. The van der Waals surface area contributed by atoms with E-state index in [0.717, 1.165) is 17.0 Å². The molecule has 6 heteroatoms. The fraction of sp³-hybridized carbons (Fsp3) is 0.308. The number of aryl methyl sites for hydroxylation is 1. The minimum absolute atomic E-state index is 0.166. The number of benzene rings is 1. The van der Waals surface area contributed by atoms with E-state index in [9.17, 15) is 0 Å². The third-order valence-corrected chi connectivity index (χ3v) is 4.09. The number of halogens is 1. The predicted octanol–water partition coefficient (Wildman–Crippen LogP) is 2.74. The quantitative estimate of drug-likeness (QED) is 0.506. The van der Waals surface area contributed by atoms with E-state index in [1.54, 1.807) is 10.9 Å². The molecule has 0 fully saturated rings. The highest BCUT2D eigenvalue weighted by Gasteiger charge is 2.19. The maximum atomic E-state index is 6.17. The van der Waals surface area contributed by atoms with Crippen LogP contribution in [0.4, 0.5) is 0 Å². The van der Waals surface area contributed by atoms with Crippen LogP contribution in [0.15, 0.2) is 35.4 Å². The Bertz CT molecular complexity index is 519. The van der Waals surface area contributed by atoms with Gasteiger partial charge in [0, 0.05) is 11.9 Å². The number of nitrogens with two attached hydrogens (primary N) is 1. The average molecular weight is 297 g/mol. The van der Waals surface area contributed by atoms with Gasteiger partial charge in [-0.15, -0.1) is 11.8 Å². The van der Waals surface area contributed by atoms with Gasteiger partial charge in [0.25, 0.3) is 0 Å². The number of nitrogens with zero attached hydrogens (tertiary/aromatic N) is 2. The monoisotopic (exact) mass is 296 g/mol. The van der Waals surface area contributed by atoms with E-state index in [4.69, 9.17) is 17.4 Å². The van der Waals surface area contributed by atoms with Crippen molar-refractivity contribution in [3.63, 3.8) is 0 Å². The average Bonchev–Trinajstić information content (AvgIpc) is 2.74. The van der Waals surface area contributed by atoms with Crippen LogP contribution in [0.3, 0.4) is 0 Å². The molecule has 0 saturated carbocycles. The first-order valence-corrected chi connectivity index (χ1v) is 7.40. The van der Waals surface area contributed by atoms with Crippen LogP contribution in [0.1, 0.15) is 24.2 Å². The molecule has 2 aromatic rings. The van der Waals surface area contributed by atoms with E-state index >= 15 is 0 Å². The lowest BCUT2D eigenvalue weighted by Crippen LogP contribution is -2.30. The van der Waals surface area contributed by atoms with Crippen LogP contribution in [-0.4, -0.2) is 15.5 Å². The highest BCUT2D eigenvalue weighted by molar-refractivity contribution is 7.99. The molecule has 0 aliphatic rings. The molecule has 0 bridgehead atoms. The summed E-state index contributed by atoms with van der Waals surface area (Å²) in [4.78, 5) is 1.25. The first-order valence-electron chi connectivity index (χ1n) is 6.03. The van der Waals surface area contributed by atoms with Crippen molar-refractivity contribution in [2.75, 3.05) is 5.75 Å². The van der Waals surface area contributed by atoms with Crippen LogP contribution in [-0.2, 0) is 7.05 Å². The summed E-state index contributed by atoms with van der Waals surface area (Å²) in [6.45, 7) is 2.14. The van der Waals surface area contributed by atoms with Crippen LogP contribution in [0, 0.1) is 0 Å². The second-order valence-electron chi connectivity index (χ2n) is 4.10. The lowest BCUT2D eigenvalue weighted by atomic mass is 10.0. The Labute approximate surface area is 122 Å². The molecule has 0 saturated heterocycles. The Balaban J connectivity index is 2.32. The third kappa shape index (κ3) is 3.12. The molecule has 3 N–H and O–H groups in total. The van der Waals surface area contributed by atoms with E-state index in [1.807, 2.05) is 18.8 Å². The summed E-state index contributed by atoms with van der Waals surface area (Å²) in [6.07, 6.45) is 1.63. The Morgan fingerprint density at radius 1 is 1.42 bits per heavy atom. The van der Waals surface area contributed by atoms with Crippen LogP contribution in [0.5, 0.6) is 0 Å². The number of hydrazine groups is 1. The standard InChI is InChI=1S/C13H17ClN4S/c1-3-19-10-6-4-9(5-7-10)12(17-15)13-11(14)8-16-18(13)2/h4-8,12,17H,3,15H2,1-2H3. The van der Waals surface area contributed by atoms with Crippen LogP contribution in [0.2, 0.25) is 5.02 Å². The normalized spacial score (nSPS) is 12.6.